The minimum absolute atomic E-state index is 0.0544. The number of rotatable bonds is 12. The molecule has 1 aromatic heterocycles. The molecule has 5 aromatic rings. The lowest BCUT2D eigenvalue weighted by atomic mass is 10.0. The van der Waals surface area contributed by atoms with E-state index in [1.165, 1.54) is 5.56 Å². The zero-order valence-corrected chi connectivity index (χ0v) is 25.5. The molecule has 0 radical (unpaired) electrons. The molecular formula is C35H41N7O. The third-order valence-corrected chi connectivity index (χ3v) is 8.01. The Morgan fingerprint density at radius 1 is 0.907 bits per heavy atom. The van der Waals surface area contributed by atoms with Gasteiger partial charge in [-0.15, -0.1) is 0 Å². The quantitative estimate of drug-likeness (QED) is 0.164. The monoisotopic (exact) mass is 575 g/mol. The van der Waals surface area contributed by atoms with Gasteiger partial charge in [-0.1, -0.05) is 66.7 Å². The number of hydrogen-bond donors (Lipinski definition) is 2. The molecule has 4 aromatic carbocycles. The molecule has 0 saturated carbocycles. The number of nitrogens with two attached hydrogens (primary N) is 1. The molecule has 0 unspecified atom stereocenters. The van der Waals surface area contributed by atoms with Crippen LogP contribution in [0.5, 0.6) is 0 Å². The number of benzene rings is 4. The molecule has 8 heteroatoms. The third kappa shape index (κ3) is 7.10. The van der Waals surface area contributed by atoms with Gasteiger partial charge in [0.05, 0.1) is 24.1 Å². The summed E-state index contributed by atoms with van der Waals surface area (Å²) in [5, 5.41) is 9.92. The maximum atomic E-state index is 13.9. The molecule has 3 N–H and O–H groups in total. The summed E-state index contributed by atoms with van der Waals surface area (Å²) in [5.74, 6) is 1.11. The average Bonchev–Trinajstić information content (AvgIpc) is 3.32. The molecule has 8 nitrogen and oxygen atoms in total. The lowest BCUT2D eigenvalue weighted by molar-refractivity contribution is -0.119. The second-order valence-electron chi connectivity index (χ2n) is 11.5. The van der Waals surface area contributed by atoms with Gasteiger partial charge < -0.3 is 20.1 Å². The molecule has 0 saturated heterocycles. The number of aromatic nitrogens is 2. The van der Waals surface area contributed by atoms with Gasteiger partial charge in [-0.2, -0.15) is 0 Å². The predicted octanol–water partition coefficient (Wildman–Crippen LogP) is 4.82. The van der Waals surface area contributed by atoms with Crippen LogP contribution in [0.3, 0.4) is 0 Å². The van der Waals surface area contributed by atoms with Crippen molar-refractivity contribution in [1.82, 2.24) is 19.4 Å². The number of likely N-dealkylation sites (N-methyl/N-ethyl adjacent to an activating group) is 2. The number of amides is 1. The van der Waals surface area contributed by atoms with E-state index in [2.05, 4.69) is 50.8 Å². The van der Waals surface area contributed by atoms with Crippen LogP contribution in [0.2, 0.25) is 0 Å². The fourth-order valence-electron chi connectivity index (χ4n) is 5.43. The summed E-state index contributed by atoms with van der Waals surface area (Å²) in [5.41, 5.74) is 11.4. The first-order chi connectivity index (χ1) is 20.7. The summed E-state index contributed by atoms with van der Waals surface area (Å²) in [6.07, 6.45) is 1.60. The smallest absolute Gasteiger partial charge is 0.241 e. The molecule has 1 amide bonds. The van der Waals surface area contributed by atoms with Gasteiger partial charge in [0.25, 0.3) is 0 Å². The Labute approximate surface area is 253 Å². The van der Waals surface area contributed by atoms with Crippen molar-refractivity contribution in [2.45, 2.75) is 19.4 Å². The summed E-state index contributed by atoms with van der Waals surface area (Å²) in [7, 11) is 8.13. The van der Waals surface area contributed by atoms with E-state index in [1.807, 2.05) is 81.6 Å². The van der Waals surface area contributed by atoms with E-state index in [1.54, 1.807) is 0 Å². The molecule has 0 atom stereocenters. The van der Waals surface area contributed by atoms with E-state index in [0.717, 1.165) is 70.4 Å². The topological polar surface area (TPSA) is 94.5 Å². The van der Waals surface area contributed by atoms with Gasteiger partial charge in [0.2, 0.25) is 5.91 Å². The zero-order chi connectivity index (χ0) is 30.5. The number of fused-ring (bicyclic) bond motifs is 2. The molecule has 5 rings (SSSR count). The zero-order valence-electron chi connectivity index (χ0n) is 25.5. The lowest BCUT2D eigenvalue weighted by Gasteiger charge is -2.27. The van der Waals surface area contributed by atoms with Crippen LogP contribution in [-0.2, 0) is 31.2 Å². The maximum Gasteiger partial charge on any atom is 0.241 e. The molecule has 1 heterocycles. The van der Waals surface area contributed by atoms with Crippen LogP contribution in [0.15, 0.2) is 84.9 Å². The lowest BCUT2D eigenvalue weighted by Crippen LogP contribution is -2.40. The van der Waals surface area contributed by atoms with Gasteiger partial charge in [-0.25, -0.2) is 4.98 Å². The molecule has 0 aliphatic rings. The molecule has 43 heavy (non-hydrogen) atoms. The SMILES string of the molecule is CN(C)CCN(C)CC(=O)N(Cc1cccc2ccccc12)c1ccc2c(c1)nc(CCc1ccc(C(=N)N)cc1)n2C. The minimum Gasteiger partial charge on any atom is -0.384 e. The van der Waals surface area contributed by atoms with E-state index < -0.39 is 0 Å². The summed E-state index contributed by atoms with van der Waals surface area (Å²) in [6, 6.07) is 28.6. The maximum absolute atomic E-state index is 13.9. The number of anilines is 1. The number of amidine groups is 1. The van der Waals surface area contributed by atoms with E-state index in [0.29, 0.717) is 13.1 Å². The first kappa shape index (κ1) is 29.9. The highest BCUT2D eigenvalue weighted by Crippen LogP contribution is 2.27. The van der Waals surface area contributed by atoms with Crippen molar-refractivity contribution < 1.29 is 4.79 Å². The van der Waals surface area contributed by atoms with E-state index in [-0.39, 0.29) is 11.7 Å². The fourth-order valence-corrected chi connectivity index (χ4v) is 5.43. The van der Waals surface area contributed by atoms with Crippen LogP contribution >= 0.6 is 0 Å². The van der Waals surface area contributed by atoms with E-state index in [9.17, 15) is 4.79 Å². The molecule has 0 aliphatic carbocycles. The van der Waals surface area contributed by atoms with Crippen LogP contribution in [0.4, 0.5) is 5.69 Å². The van der Waals surface area contributed by atoms with Crippen molar-refractivity contribution in [3.8, 4) is 0 Å². The van der Waals surface area contributed by atoms with Crippen LogP contribution in [0.1, 0.15) is 22.5 Å². The largest absolute Gasteiger partial charge is 0.384 e. The first-order valence-electron chi connectivity index (χ1n) is 14.7. The normalized spacial score (nSPS) is 11.6. The number of hydrogen-bond acceptors (Lipinski definition) is 5. The molecule has 0 fully saturated rings. The number of nitrogen functional groups attached to an aromatic ring is 1. The Morgan fingerprint density at radius 2 is 1.65 bits per heavy atom. The Morgan fingerprint density at radius 3 is 2.40 bits per heavy atom. The number of aryl methyl sites for hydroxylation is 3. The Balaban J connectivity index is 1.42. The number of carbonyl (C=O) groups excluding carboxylic acids is 1. The summed E-state index contributed by atoms with van der Waals surface area (Å²) in [4.78, 5) is 25.0. The van der Waals surface area contributed by atoms with Gasteiger partial charge in [0.15, 0.2) is 0 Å². The molecule has 0 bridgehead atoms. The first-order valence-corrected chi connectivity index (χ1v) is 14.7. The van der Waals surface area contributed by atoms with Gasteiger partial charge >= 0.3 is 0 Å². The molecule has 0 aliphatic heterocycles. The van der Waals surface area contributed by atoms with Crippen molar-refractivity contribution in [2.75, 3.05) is 45.7 Å². The minimum atomic E-state index is 0.0544. The Hall–Kier alpha value is -4.53. The van der Waals surface area contributed by atoms with Gasteiger partial charge in [-0.3, -0.25) is 15.1 Å². The van der Waals surface area contributed by atoms with Crippen LogP contribution in [0.25, 0.3) is 21.8 Å². The van der Waals surface area contributed by atoms with Gasteiger partial charge in [0.1, 0.15) is 11.7 Å². The second kappa shape index (κ2) is 13.2. The van der Waals surface area contributed by atoms with Crippen LogP contribution in [0, 0.1) is 5.41 Å². The standard InChI is InChI=1S/C35H41N7O/c1-39(2)20-21-40(3)24-34(43)42(23-28-10-7-9-26-8-5-6-11-30(26)28)29-17-18-32-31(22-29)38-33(41(32)4)19-14-25-12-15-27(16-13-25)35(36)37/h5-13,15-18,22H,14,19-21,23-24H2,1-4H3,(H3,36,37). The predicted molar refractivity (Wildman–Crippen MR) is 177 cm³/mol. The van der Waals surface area contributed by atoms with Gasteiger partial charge in [0, 0.05) is 37.8 Å². The molecule has 0 spiro atoms. The number of carbonyl (C=O) groups is 1. The van der Waals surface area contributed by atoms with Crippen LogP contribution < -0.4 is 10.6 Å². The second-order valence-corrected chi connectivity index (χ2v) is 11.5. The number of imidazole rings is 1. The Kier molecular flexibility index (Phi) is 9.19. The van der Waals surface area contributed by atoms with E-state index >= 15 is 0 Å². The number of nitrogens with zero attached hydrogens (tertiary/aromatic N) is 5. The van der Waals surface area contributed by atoms with Crippen molar-refractivity contribution in [3.05, 3.63) is 107 Å². The van der Waals surface area contributed by atoms with E-state index in [4.69, 9.17) is 16.1 Å². The van der Waals surface area contributed by atoms with Crippen molar-refractivity contribution >= 4 is 39.2 Å². The third-order valence-electron chi connectivity index (χ3n) is 8.01. The van der Waals surface area contributed by atoms with Gasteiger partial charge in [-0.05, 0) is 67.7 Å². The molecule has 222 valence electrons. The van der Waals surface area contributed by atoms with Crippen molar-refractivity contribution in [1.29, 1.82) is 5.41 Å². The summed E-state index contributed by atoms with van der Waals surface area (Å²) < 4.78 is 2.13. The highest BCUT2D eigenvalue weighted by Gasteiger charge is 2.21. The highest BCUT2D eigenvalue weighted by molar-refractivity contribution is 5.97. The Bertz CT molecular complexity index is 1730. The molecular weight excluding hydrogens is 534 g/mol. The summed E-state index contributed by atoms with van der Waals surface area (Å²) in [6.45, 7) is 2.49. The average molecular weight is 576 g/mol. The van der Waals surface area contributed by atoms with Crippen LogP contribution in [-0.4, -0.2) is 71.9 Å². The fraction of sp³-hybridized carbons (Fsp3) is 0.286. The van der Waals surface area contributed by atoms with Crippen molar-refractivity contribution in [2.24, 2.45) is 12.8 Å². The van der Waals surface area contributed by atoms with Crippen molar-refractivity contribution in [3.63, 3.8) is 0 Å². The number of nitrogens with one attached hydrogen (secondary N) is 1. The highest BCUT2D eigenvalue weighted by atomic mass is 16.2. The summed E-state index contributed by atoms with van der Waals surface area (Å²) >= 11 is 0.